The summed E-state index contributed by atoms with van der Waals surface area (Å²) in [5.41, 5.74) is 0. The average molecular weight is 532 g/mol. The van der Waals surface area contributed by atoms with Crippen LogP contribution in [0.4, 0.5) is 0 Å². The number of esters is 2. The van der Waals surface area contributed by atoms with Gasteiger partial charge >= 0.3 is 19.5 Å². The van der Waals surface area contributed by atoms with Crippen molar-refractivity contribution in [3.05, 3.63) is 0 Å². The van der Waals surface area contributed by atoms with Crippen molar-refractivity contribution in [1.82, 2.24) is 16.0 Å². The second-order valence-corrected chi connectivity index (χ2v) is 11.7. The Kier molecular flexibility index (Phi) is 12.5. The van der Waals surface area contributed by atoms with Gasteiger partial charge in [0.15, 0.2) is 6.10 Å². The molecule has 0 spiro atoms. The minimum atomic E-state index is -4.55. The molecule has 11 nitrogen and oxygen atoms in total. The van der Waals surface area contributed by atoms with Crippen molar-refractivity contribution < 1.29 is 37.9 Å². The third kappa shape index (κ3) is 9.25. The van der Waals surface area contributed by atoms with E-state index in [1.165, 1.54) is 6.92 Å². The number of hydrogen-bond acceptors (Lipinski definition) is 8. The van der Waals surface area contributed by atoms with E-state index in [2.05, 4.69) is 16.0 Å². The van der Waals surface area contributed by atoms with Crippen LogP contribution in [0.3, 0.4) is 0 Å². The van der Waals surface area contributed by atoms with Crippen LogP contribution in [0.15, 0.2) is 0 Å². The second kappa shape index (κ2) is 14.8. The van der Waals surface area contributed by atoms with E-state index in [-0.39, 0.29) is 18.2 Å². The van der Waals surface area contributed by atoms with Crippen LogP contribution < -0.4 is 16.0 Å². The highest BCUT2D eigenvalue weighted by Gasteiger charge is 2.39. The molecule has 1 aliphatic carbocycles. The van der Waals surface area contributed by atoms with Gasteiger partial charge in [-0.05, 0) is 52.0 Å². The van der Waals surface area contributed by atoms with Gasteiger partial charge in [0.1, 0.15) is 17.9 Å². The molecule has 0 bridgehead atoms. The zero-order chi connectivity index (χ0) is 26.7. The zero-order valence-corrected chi connectivity index (χ0v) is 22.5. The Labute approximate surface area is 213 Å². The number of nitrogens with one attached hydrogen (secondary N) is 3. The number of carbonyl (C=O) groups is 4. The summed E-state index contributed by atoms with van der Waals surface area (Å²) in [6.07, 6.45) is 5.67. The molecule has 36 heavy (non-hydrogen) atoms. The Hall–Kier alpha value is -1.81. The van der Waals surface area contributed by atoms with Gasteiger partial charge < -0.3 is 25.6 Å². The molecule has 1 aliphatic heterocycles. The van der Waals surface area contributed by atoms with E-state index in [0.717, 1.165) is 32.1 Å². The van der Waals surface area contributed by atoms with Gasteiger partial charge in [0.25, 0.3) is 0 Å². The molecule has 5 atom stereocenters. The lowest BCUT2D eigenvalue weighted by Crippen LogP contribution is -2.51. The van der Waals surface area contributed by atoms with Gasteiger partial charge in [0.05, 0.1) is 0 Å². The maximum Gasteiger partial charge on any atom is 0.351 e. The van der Waals surface area contributed by atoms with Gasteiger partial charge in [0.2, 0.25) is 11.8 Å². The van der Waals surface area contributed by atoms with Crippen molar-refractivity contribution in [2.24, 2.45) is 5.92 Å². The topological polar surface area (TPSA) is 160 Å². The molecular weight excluding hydrogens is 489 g/mol. The molecule has 4 N–H and O–H groups in total. The minimum absolute atomic E-state index is 0.0981. The highest BCUT2D eigenvalue weighted by molar-refractivity contribution is 7.53. The summed E-state index contributed by atoms with van der Waals surface area (Å²) in [6.45, 7) is 5.73. The molecule has 0 radical (unpaired) electrons. The van der Waals surface area contributed by atoms with Crippen LogP contribution in [0, 0.1) is 5.92 Å². The molecule has 4 unspecified atom stereocenters. The quantitative estimate of drug-likeness (QED) is 0.141. The van der Waals surface area contributed by atoms with E-state index in [1.807, 2.05) is 13.8 Å². The Bertz CT molecular complexity index is 813. The number of unbranched alkanes of at least 4 members (excludes halogenated alkanes) is 2. The molecule has 2 fully saturated rings. The normalized spacial score (nSPS) is 21.9. The fourth-order valence-electron chi connectivity index (χ4n) is 4.10. The van der Waals surface area contributed by atoms with Crippen LogP contribution >= 0.6 is 7.60 Å². The van der Waals surface area contributed by atoms with E-state index < -0.39 is 49.4 Å². The lowest BCUT2D eigenvalue weighted by molar-refractivity contribution is -0.165. The fourth-order valence-corrected chi connectivity index (χ4v) is 5.58. The van der Waals surface area contributed by atoms with Crippen molar-refractivity contribution >= 4 is 31.3 Å². The van der Waals surface area contributed by atoms with Gasteiger partial charge in [-0.25, -0.2) is 9.59 Å². The molecule has 1 heterocycles. The van der Waals surface area contributed by atoms with Gasteiger partial charge in [-0.1, -0.05) is 46.0 Å². The lowest BCUT2D eigenvalue weighted by atomic mass is 9.84. The monoisotopic (exact) mass is 531 g/mol. The molecule has 0 aromatic heterocycles. The molecule has 2 rings (SSSR count). The highest BCUT2D eigenvalue weighted by Crippen LogP contribution is 2.49. The largest absolute Gasteiger partial charge is 0.390 e. The summed E-state index contributed by atoms with van der Waals surface area (Å²) >= 11 is 0. The first kappa shape index (κ1) is 30.4. The Morgan fingerprint density at radius 2 is 1.69 bits per heavy atom. The molecular formula is C24H42N3O8P. The standard InChI is InChI=1S/C24H42N3O8P/c1-4-6-12-18(26-21(28)17-10-8-11-17)22(29)27-20(14-7-5-2)36(32,33)35-16(3)23(30)34-24(31)19-13-9-15-25-19/h16-20,25H,4-15H2,1-3H3,(H,26,28)(H,27,29)(H,32,33)/t16?,18?,19-,20?/m0/s1. The van der Waals surface area contributed by atoms with Crippen LogP contribution in [-0.4, -0.2) is 59.2 Å². The molecule has 0 aromatic carbocycles. The summed E-state index contributed by atoms with van der Waals surface area (Å²) in [4.78, 5) is 60.7. The van der Waals surface area contributed by atoms with E-state index >= 15 is 0 Å². The van der Waals surface area contributed by atoms with Gasteiger partial charge in [0, 0.05) is 5.92 Å². The minimum Gasteiger partial charge on any atom is -0.390 e. The van der Waals surface area contributed by atoms with E-state index in [1.54, 1.807) is 0 Å². The van der Waals surface area contributed by atoms with Crippen molar-refractivity contribution in [1.29, 1.82) is 0 Å². The smallest absolute Gasteiger partial charge is 0.351 e. The van der Waals surface area contributed by atoms with Gasteiger partial charge in [-0.2, -0.15) is 0 Å². The summed E-state index contributed by atoms with van der Waals surface area (Å²) < 4.78 is 23.2. The number of amides is 2. The third-order valence-electron chi connectivity index (χ3n) is 6.68. The van der Waals surface area contributed by atoms with Crippen molar-refractivity contribution in [2.75, 3.05) is 6.54 Å². The van der Waals surface area contributed by atoms with Crippen LogP contribution in [0.5, 0.6) is 0 Å². The molecule has 2 aliphatic rings. The van der Waals surface area contributed by atoms with Gasteiger partial charge in [-0.15, -0.1) is 0 Å². The van der Waals surface area contributed by atoms with Crippen LogP contribution in [0.25, 0.3) is 0 Å². The first-order valence-electron chi connectivity index (χ1n) is 13.2. The number of hydrogen-bond donors (Lipinski definition) is 4. The van der Waals surface area contributed by atoms with Gasteiger partial charge in [-0.3, -0.25) is 18.7 Å². The Morgan fingerprint density at radius 1 is 1.03 bits per heavy atom. The van der Waals surface area contributed by atoms with Crippen LogP contribution in [-0.2, 0) is 33.0 Å². The summed E-state index contributed by atoms with van der Waals surface area (Å²) in [6, 6.07) is -1.42. The SMILES string of the molecule is CCCCC(NC(=O)C1CCC1)C(=O)NC(CCCC)P(=O)(O)OC(C)C(=O)OC(=O)[C@@H]1CCCN1. The predicted octanol–water partition coefficient (Wildman–Crippen LogP) is 2.51. The van der Waals surface area contributed by atoms with Crippen LogP contribution in [0.2, 0.25) is 0 Å². The van der Waals surface area contributed by atoms with E-state index in [4.69, 9.17) is 9.26 Å². The van der Waals surface area contributed by atoms with Crippen molar-refractivity contribution in [3.63, 3.8) is 0 Å². The fraction of sp³-hybridized carbons (Fsp3) is 0.833. The lowest BCUT2D eigenvalue weighted by Gasteiger charge is -2.29. The molecule has 206 valence electrons. The molecule has 0 aromatic rings. The number of carbonyl (C=O) groups excluding carboxylic acids is 4. The van der Waals surface area contributed by atoms with E-state index in [9.17, 15) is 28.6 Å². The Balaban J connectivity index is 2.03. The first-order valence-corrected chi connectivity index (χ1v) is 14.8. The molecule has 2 amide bonds. The van der Waals surface area contributed by atoms with E-state index in [0.29, 0.717) is 38.6 Å². The maximum atomic E-state index is 13.2. The predicted molar refractivity (Wildman–Crippen MR) is 133 cm³/mol. The summed E-state index contributed by atoms with van der Waals surface area (Å²) in [5, 5.41) is 8.30. The summed E-state index contributed by atoms with van der Waals surface area (Å²) in [7, 11) is -4.55. The van der Waals surface area contributed by atoms with Crippen molar-refractivity contribution in [3.8, 4) is 0 Å². The zero-order valence-electron chi connectivity index (χ0n) is 21.6. The van der Waals surface area contributed by atoms with Crippen LogP contribution in [0.1, 0.15) is 91.4 Å². The molecule has 12 heteroatoms. The highest BCUT2D eigenvalue weighted by atomic mass is 31.2. The van der Waals surface area contributed by atoms with Crippen molar-refractivity contribution in [2.45, 2.75) is 115 Å². The molecule has 1 saturated carbocycles. The second-order valence-electron chi connectivity index (χ2n) is 9.70. The third-order valence-corrected chi connectivity index (χ3v) is 8.47. The number of rotatable bonds is 15. The average Bonchev–Trinajstić information content (AvgIpc) is 3.32. The molecule has 1 saturated heterocycles. The maximum absolute atomic E-state index is 13.2. The first-order chi connectivity index (χ1) is 17.1. The Morgan fingerprint density at radius 3 is 2.25 bits per heavy atom. The summed E-state index contributed by atoms with van der Waals surface area (Å²) in [5.74, 6) is -3.94. The number of ether oxygens (including phenoxy) is 1.